The van der Waals surface area contributed by atoms with Gasteiger partial charge in [-0.2, -0.15) is 5.26 Å². The fourth-order valence-corrected chi connectivity index (χ4v) is 3.57. The van der Waals surface area contributed by atoms with Crippen LogP contribution in [0.4, 0.5) is 17.3 Å². The number of benzene rings is 2. The van der Waals surface area contributed by atoms with Gasteiger partial charge in [-0.05, 0) is 30.7 Å². The van der Waals surface area contributed by atoms with Gasteiger partial charge in [0.15, 0.2) is 0 Å². The minimum atomic E-state index is 0.621. The van der Waals surface area contributed by atoms with Crippen LogP contribution >= 0.6 is 0 Å². The quantitative estimate of drug-likeness (QED) is 0.723. The first-order valence-corrected chi connectivity index (χ1v) is 9.84. The van der Waals surface area contributed by atoms with Crippen LogP contribution in [-0.4, -0.2) is 41.0 Å². The molecule has 1 saturated heterocycles. The summed E-state index contributed by atoms with van der Waals surface area (Å²) in [6, 6.07) is 22.2. The summed E-state index contributed by atoms with van der Waals surface area (Å²) in [4.78, 5) is 13.9. The molecule has 0 radical (unpaired) electrons. The molecule has 0 unspecified atom stereocenters. The monoisotopic (exact) mass is 384 g/mol. The van der Waals surface area contributed by atoms with Crippen LogP contribution in [0.2, 0.25) is 0 Å². The summed E-state index contributed by atoms with van der Waals surface area (Å²) in [5.41, 5.74) is 2.82. The molecule has 0 bridgehead atoms. The number of hydrogen-bond donors (Lipinski definition) is 1. The van der Waals surface area contributed by atoms with E-state index in [4.69, 9.17) is 5.26 Å². The molecular formula is C23H24N6. The molecule has 1 fully saturated rings. The molecule has 0 saturated carbocycles. The fraction of sp³-hybridized carbons (Fsp3) is 0.261. The molecule has 1 aliphatic heterocycles. The maximum absolute atomic E-state index is 9.09. The fourth-order valence-electron chi connectivity index (χ4n) is 3.57. The molecule has 1 N–H and O–H groups in total. The van der Waals surface area contributed by atoms with Crippen molar-refractivity contribution in [3.63, 3.8) is 0 Å². The Morgan fingerprint density at radius 3 is 2.52 bits per heavy atom. The smallest absolute Gasteiger partial charge is 0.136 e. The maximum atomic E-state index is 9.09. The zero-order valence-corrected chi connectivity index (χ0v) is 16.5. The molecule has 3 aromatic rings. The van der Waals surface area contributed by atoms with Crippen molar-refractivity contribution in [2.45, 2.75) is 13.5 Å². The Labute approximate surface area is 171 Å². The van der Waals surface area contributed by atoms with Crippen LogP contribution in [0, 0.1) is 18.3 Å². The van der Waals surface area contributed by atoms with Gasteiger partial charge in [-0.25, -0.2) is 9.97 Å². The van der Waals surface area contributed by atoms with Crippen molar-refractivity contribution in [1.29, 1.82) is 5.26 Å². The molecule has 0 atom stereocenters. The lowest BCUT2D eigenvalue weighted by Gasteiger charge is -2.35. The van der Waals surface area contributed by atoms with E-state index in [0.29, 0.717) is 5.56 Å². The van der Waals surface area contributed by atoms with Crippen LogP contribution < -0.4 is 10.2 Å². The van der Waals surface area contributed by atoms with Gasteiger partial charge in [0, 0.05) is 44.5 Å². The van der Waals surface area contributed by atoms with Crippen molar-refractivity contribution in [2.75, 3.05) is 36.4 Å². The van der Waals surface area contributed by atoms with E-state index in [1.807, 2.05) is 31.2 Å². The number of nitrogens with one attached hydrogen (secondary N) is 1. The molecule has 146 valence electrons. The summed E-state index contributed by atoms with van der Waals surface area (Å²) < 4.78 is 0. The predicted molar refractivity (Wildman–Crippen MR) is 115 cm³/mol. The summed E-state index contributed by atoms with van der Waals surface area (Å²) in [5, 5.41) is 12.4. The van der Waals surface area contributed by atoms with Crippen LogP contribution in [0.5, 0.6) is 0 Å². The van der Waals surface area contributed by atoms with Gasteiger partial charge in [0.1, 0.15) is 17.5 Å². The van der Waals surface area contributed by atoms with Crippen molar-refractivity contribution >= 4 is 17.3 Å². The Hall–Kier alpha value is -3.43. The molecular weight excluding hydrogens is 360 g/mol. The Morgan fingerprint density at radius 1 is 0.966 bits per heavy atom. The second-order valence-corrected chi connectivity index (χ2v) is 7.22. The highest BCUT2D eigenvalue weighted by atomic mass is 15.3. The molecule has 0 amide bonds. The predicted octanol–water partition coefficient (Wildman–Crippen LogP) is 3.72. The second kappa shape index (κ2) is 8.72. The molecule has 2 aromatic carbocycles. The first kappa shape index (κ1) is 18.9. The van der Waals surface area contributed by atoms with Crippen LogP contribution in [0.1, 0.15) is 17.0 Å². The second-order valence-electron chi connectivity index (χ2n) is 7.22. The average molecular weight is 384 g/mol. The summed E-state index contributed by atoms with van der Waals surface area (Å²) in [6.45, 7) is 6.78. The van der Waals surface area contributed by atoms with Crippen LogP contribution in [-0.2, 0) is 6.54 Å². The molecule has 6 heteroatoms. The first-order valence-electron chi connectivity index (χ1n) is 9.84. The molecule has 0 spiro atoms. The van der Waals surface area contributed by atoms with Gasteiger partial charge in [-0.15, -0.1) is 0 Å². The Morgan fingerprint density at radius 2 is 1.76 bits per heavy atom. The van der Waals surface area contributed by atoms with Crippen molar-refractivity contribution in [2.24, 2.45) is 0 Å². The van der Waals surface area contributed by atoms with Gasteiger partial charge < -0.3 is 10.2 Å². The van der Waals surface area contributed by atoms with E-state index in [1.165, 1.54) is 5.56 Å². The van der Waals surface area contributed by atoms with E-state index in [9.17, 15) is 0 Å². The third-order valence-corrected chi connectivity index (χ3v) is 5.03. The highest BCUT2D eigenvalue weighted by Gasteiger charge is 2.19. The normalized spacial score (nSPS) is 14.4. The zero-order chi connectivity index (χ0) is 20.1. The minimum Gasteiger partial charge on any atom is -0.354 e. The lowest BCUT2D eigenvalue weighted by atomic mass is 10.2. The lowest BCUT2D eigenvalue weighted by molar-refractivity contribution is 0.249. The van der Waals surface area contributed by atoms with Crippen LogP contribution in [0.3, 0.4) is 0 Å². The number of anilines is 3. The average Bonchev–Trinajstić information content (AvgIpc) is 2.75. The van der Waals surface area contributed by atoms with Gasteiger partial charge in [-0.3, -0.25) is 4.90 Å². The van der Waals surface area contributed by atoms with Crippen LogP contribution in [0.15, 0.2) is 60.7 Å². The Balaban J connectivity index is 1.42. The molecule has 29 heavy (non-hydrogen) atoms. The number of aromatic nitrogens is 2. The summed E-state index contributed by atoms with van der Waals surface area (Å²) in [7, 11) is 0. The maximum Gasteiger partial charge on any atom is 0.136 e. The minimum absolute atomic E-state index is 0.621. The van der Waals surface area contributed by atoms with Crippen molar-refractivity contribution < 1.29 is 0 Å². The highest BCUT2D eigenvalue weighted by Crippen LogP contribution is 2.22. The molecule has 1 aliphatic rings. The molecule has 6 nitrogen and oxygen atoms in total. The zero-order valence-electron chi connectivity index (χ0n) is 16.5. The Kier molecular flexibility index (Phi) is 5.68. The van der Waals surface area contributed by atoms with Gasteiger partial charge in [0.2, 0.25) is 0 Å². The number of aryl methyl sites for hydroxylation is 1. The third kappa shape index (κ3) is 4.89. The van der Waals surface area contributed by atoms with Gasteiger partial charge in [0.05, 0.1) is 11.6 Å². The summed E-state index contributed by atoms with van der Waals surface area (Å²) >= 11 is 0. The molecule has 2 heterocycles. The Bertz CT molecular complexity index is 1000. The standard InChI is InChI=1S/C23H24N6/c1-18-25-22(27-21-9-5-8-20(14-21)16-24)15-23(26-18)29-12-10-28(11-13-29)17-19-6-3-2-4-7-19/h2-9,14-15H,10-13,17H2,1H3,(H,25,26,27). The van der Waals surface area contributed by atoms with Crippen molar-refractivity contribution in [3.05, 3.63) is 77.6 Å². The lowest BCUT2D eigenvalue weighted by Crippen LogP contribution is -2.46. The number of nitriles is 1. The van der Waals surface area contributed by atoms with E-state index >= 15 is 0 Å². The van der Waals surface area contributed by atoms with Crippen molar-refractivity contribution in [1.82, 2.24) is 14.9 Å². The summed E-state index contributed by atoms with van der Waals surface area (Å²) in [6.07, 6.45) is 0. The van der Waals surface area contributed by atoms with Gasteiger partial charge in [0.25, 0.3) is 0 Å². The van der Waals surface area contributed by atoms with Gasteiger partial charge >= 0.3 is 0 Å². The molecule has 0 aliphatic carbocycles. The summed E-state index contributed by atoms with van der Waals surface area (Å²) in [5.74, 6) is 2.42. The SMILES string of the molecule is Cc1nc(Nc2cccc(C#N)c2)cc(N2CCN(Cc3ccccc3)CC2)n1. The van der Waals surface area contributed by atoms with E-state index in [0.717, 1.165) is 55.9 Å². The highest BCUT2D eigenvalue weighted by molar-refractivity contribution is 5.61. The van der Waals surface area contributed by atoms with E-state index in [1.54, 1.807) is 6.07 Å². The van der Waals surface area contributed by atoms with Gasteiger partial charge in [-0.1, -0.05) is 36.4 Å². The molecule has 1 aromatic heterocycles. The van der Waals surface area contributed by atoms with E-state index < -0.39 is 0 Å². The first-order chi connectivity index (χ1) is 14.2. The number of hydrogen-bond acceptors (Lipinski definition) is 6. The third-order valence-electron chi connectivity index (χ3n) is 5.03. The van der Waals surface area contributed by atoms with Crippen LogP contribution in [0.25, 0.3) is 0 Å². The number of piperazine rings is 1. The van der Waals surface area contributed by atoms with E-state index in [2.05, 4.69) is 61.5 Å². The topological polar surface area (TPSA) is 68.1 Å². The molecule has 4 rings (SSSR count). The number of rotatable bonds is 5. The van der Waals surface area contributed by atoms with Crippen molar-refractivity contribution in [3.8, 4) is 6.07 Å². The largest absolute Gasteiger partial charge is 0.354 e. The number of nitrogens with zero attached hydrogens (tertiary/aromatic N) is 5. The van der Waals surface area contributed by atoms with E-state index in [-0.39, 0.29) is 0 Å².